The summed E-state index contributed by atoms with van der Waals surface area (Å²) in [5.74, 6) is 0.342. The van der Waals surface area contributed by atoms with Gasteiger partial charge < -0.3 is 15.8 Å². The molecule has 1 aliphatic carbocycles. The van der Waals surface area contributed by atoms with E-state index in [1.54, 1.807) is 0 Å². The van der Waals surface area contributed by atoms with Crippen LogP contribution in [-0.4, -0.2) is 24.1 Å². The second kappa shape index (κ2) is 5.18. The summed E-state index contributed by atoms with van der Waals surface area (Å²) in [6.45, 7) is 4.34. The minimum absolute atomic E-state index is 0.0338. The van der Waals surface area contributed by atoms with E-state index in [9.17, 15) is 4.79 Å². The lowest BCUT2D eigenvalue weighted by atomic mass is 9.96. The van der Waals surface area contributed by atoms with Crippen LogP contribution in [0.3, 0.4) is 0 Å². The van der Waals surface area contributed by atoms with E-state index in [4.69, 9.17) is 15.9 Å². The fourth-order valence-electron chi connectivity index (χ4n) is 1.91. The Labute approximate surface area is 96.2 Å². The molecule has 1 saturated carbocycles. The summed E-state index contributed by atoms with van der Waals surface area (Å²) in [5, 5.41) is 10.3. The SMILES string of the molecule is CC(C)COC(=O)NC1(C(=N)N)CCCC1. The van der Waals surface area contributed by atoms with E-state index in [0.29, 0.717) is 12.5 Å². The van der Waals surface area contributed by atoms with Crippen molar-refractivity contribution in [3.8, 4) is 0 Å². The van der Waals surface area contributed by atoms with Crippen molar-refractivity contribution in [3.05, 3.63) is 0 Å². The standard InChI is InChI=1S/C11H21N3O2/c1-8(2)7-16-10(15)14-11(9(12)13)5-3-4-6-11/h8H,3-7H2,1-2H3,(H3,12,13)(H,14,15). The van der Waals surface area contributed by atoms with Crippen molar-refractivity contribution >= 4 is 11.9 Å². The van der Waals surface area contributed by atoms with E-state index in [1.807, 2.05) is 13.8 Å². The molecule has 92 valence electrons. The predicted octanol–water partition coefficient (Wildman–Crippen LogP) is 1.62. The Bertz CT molecular complexity index is 270. The lowest BCUT2D eigenvalue weighted by Gasteiger charge is -2.28. The summed E-state index contributed by atoms with van der Waals surface area (Å²) in [4.78, 5) is 11.5. The molecular formula is C11H21N3O2. The molecule has 1 amide bonds. The molecule has 0 aromatic rings. The average Bonchev–Trinajstić information content (AvgIpc) is 2.64. The Morgan fingerprint density at radius 1 is 1.50 bits per heavy atom. The molecule has 0 bridgehead atoms. The third-order valence-corrected chi connectivity index (χ3v) is 2.86. The van der Waals surface area contributed by atoms with Crippen LogP contribution >= 0.6 is 0 Å². The van der Waals surface area contributed by atoms with Crippen LogP contribution in [0.25, 0.3) is 0 Å². The molecule has 0 spiro atoms. The van der Waals surface area contributed by atoms with Crippen molar-refractivity contribution in [1.29, 1.82) is 5.41 Å². The number of carbonyl (C=O) groups excluding carboxylic acids is 1. The molecule has 5 heteroatoms. The summed E-state index contributed by atoms with van der Waals surface area (Å²) in [6, 6.07) is 0. The van der Waals surface area contributed by atoms with E-state index < -0.39 is 11.6 Å². The fourth-order valence-corrected chi connectivity index (χ4v) is 1.91. The van der Waals surface area contributed by atoms with Gasteiger partial charge in [0.2, 0.25) is 0 Å². The maximum absolute atomic E-state index is 11.5. The quantitative estimate of drug-likeness (QED) is 0.503. The first-order chi connectivity index (χ1) is 7.46. The molecule has 0 unspecified atom stereocenters. The van der Waals surface area contributed by atoms with Gasteiger partial charge in [-0.05, 0) is 18.8 Å². The monoisotopic (exact) mass is 227 g/mol. The number of hydrogen-bond acceptors (Lipinski definition) is 3. The largest absolute Gasteiger partial charge is 0.449 e. The number of ether oxygens (including phenoxy) is 1. The molecule has 1 fully saturated rings. The van der Waals surface area contributed by atoms with Gasteiger partial charge in [-0.2, -0.15) is 0 Å². The van der Waals surface area contributed by atoms with Gasteiger partial charge in [0.25, 0.3) is 0 Å². The number of carbonyl (C=O) groups is 1. The molecule has 0 aliphatic heterocycles. The highest BCUT2D eigenvalue weighted by Gasteiger charge is 2.38. The van der Waals surface area contributed by atoms with Crippen LogP contribution in [0.1, 0.15) is 39.5 Å². The van der Waals surface area contributed by atoms with Crippen molar-refractivity contribution in [2.45, 2.75) is 45.1 Å². The summed E-state index contributed by atoms with van der Waals surface area (Å²) in [6.07, 6.45) is 2.98. The van der Waals surface area contributed by atoms with Gasteiger partial charge in [-0.3, -0.25) is 5.41 Å². The van der Waals surface area contributed by atoms with Crippen LogP contribution in [0, 0.1) is 11.3 Å². The van der Waals surface area contributed by atoms with Gasteiger partial charge in [0.15, 0.2) is 0 Å². The number of rotatable bonds is 4. The van der Waals surface area contributed by atoms with E-state index in [0.717, 1.165) is 25.7 Å². The minimum atomic E-state index is -0.659. The van der Waals surface area contributed by atoms with E-state index in [1.165, 1.54) is 0 Å². The van der Waals surface area contributed by atoms with Crippen LogP contribution in [0.5, 0.6) is 0 Å². The molecule has 4 N–H and O–H groups in total. The molecule has 16 heavy (non-hydrogen) atoms. The van der Waals surface area contributed by atoms with Crippen LogP contribution in [-0.2, 0) is 4.74 Å². The lowest BCUT2D eigenvalue weighted by Crippen LogP contribution is -2.55. The lowest BCUT2D eigenvalue weighted by molar-refractivity contribution is 0.126. The summed E-state index contributed by atoms with van der Waals surface area (Å²) in [5.41, 5.74) is 4.89. The number of amides is 1. The number of nitrogens with two attached hydrogens (primary N) is 1. The Morgan fingerprint density at radius 3 is 2.50 bits per heavy atom. The normalized spacial score (nSPS) is 18.4. The van der Waals surface area contributed by atoms with Crippen molar-refractivity contribution in [2.24, 2.45) is 11.7 Å². The van der Waals surface area contributed by atoms with Crippen molar-refractivity contribution in [1.82, 2.24) is 5.32 Å². The van der Waals surface area contributed by atoms with Crippen LogP contribution in [0.4, 0.5) is 4.79 Å². The van der Waals surface area contributed by atoms with Gasteiger partial charge in [0, 0.05) is 0 Å². The van der Waals surface area contributed by atoms with E-state index in [2.05, 4.69) is 5.32 Å². The average molecular weight is 227 g/mol. The highest BCUT2D eigenvalue weighted by molar-refractivity contribution is 5.91. The molecule has 5 nitrogen and oxygen atoms in total. The van der Waals surface area contributed by atoms with Crippen LogP contribution < -0.4 is 11.1 Å². The number of amidine groups is 1. The summed E-state index contributed by atoms with van der Waals surface area (Å²) >= 11 is 0. The van der Waals surface area contributed by atoms with Crippen LogP contribution in [0.2, 0.25) is 0 Å². The second-order valence-corrected chi connectivity index (χ2v) is 4.82. The summed E-state index contributed by atoms with van der Waals surface area (Å²) < 4.78 is 5.04. The zero-order valence-electron chi connectivity index (χ0n) is 10.0. The van der Waals surface area contributed by atoms with Crippen molar-refractivity contribution < 1.29 is 9.53 Å². The molecule has 1 rings (SSSR count). The molecule has 0 atom stereocenters. The Balaban J connectivity index is 2.49. The smallest absolute Gasteiger partial charge is 0.407 e. The second-order valence-electron chi connectivity index (χ2n) is 4.82. The first-order valence-electron chi connectivity index (χ1n) is 5.76. The molecule has 0 aromatic carbocycles. The summed E-state index contributed by atoms with van der Waals surface area (Å²) in [7, 11) is 0. The molecule has 0 heterocycles. The first-order valence-corrected chi connectivity index (χ1v) is 5.76. The molecular weight excluding hydrogens is 206 g/mol. The topological polar surface area (TPSA) is 88.2 Å². The Hall–Kier alpha value is -1.26. The zero-order valence-corrected chi connectivity index (χ0v) is 10.0. The van der Waals surface area contributed by atoms with Gasteiger partial charge in [-0.15, -0.1) is 0 Å². The fraction of sp³-hybridized carbons (Fsp3) is 0.818. The number of hydrogen-bond donors (Lipinski definition) is 3. The molecule has 0 aromatic heterocycles. The van der Waals surface area contributed by atoms with Gasteiger partial charge in [0.05, 0.1) is 12.1 Å². The third kappa shape index (κ3) is 3.12. The van der Waals surface area contributed by atoms with Gasteiger partial charge >= 0.3 is 6.09 Å². The highest BCUT2D eigenvalue weighted by Crippen LogP contribution is 2.29. The van der Waals surface area contributed by atoms with E-state index >= 15 is 0 Å². The van der Waals surface area contributed by atoms with Gasteiger partial charge in [-0.25, -0.2) is 4.79 Å². The number of nitrogens with one attached hydrogen (secondary N) is 2. The Morgan fingerprint density at radius 2 is 2.06 bits per heavy atom. The van der Waals surface area contributed by atoms with Crippen LogP contribution in [0.15, 0.2) is 0 Å². The Kier molecular flexibility index (Phi) is 4.15. The maximum atomic E-state index is 11.5. The molecule has 1 aliphatic rings. The molecule has 0 saturated heterocycles. The maximum Gasteiger partial charge on any atom is 0.407 e. The van der Waals surface area contributed by atoms with Gasteiger partial charge in [-0.1, -0.05) is 26.7 Å². The third-order valence-electron chi connectivity index (χ3n) is 2.86. The minimum Gasteiger partial charge on any atom is -0.449 e. The van der Waals surface area contributed by atoms with Crippen molar-refractivity contribution in [3.63, 3.8) is 0 Å². The zero-order chi connectivity index (χ0) is 12.2. The highest BCUT2D eigenvalue weighted by atomic mass is 16.5. The molecule has 0 radical (unpaired) electrons. The number of alkyl carbamates (subject to hydrolysis) is 1. The van der Waals surface area contributed by atoms with Gasteiger partial charge in [0.1, 0.15) is 5.84 Å². The first kappa shape index (κ1) is 12.8. The van der Waals surface area contributed by atoms with Crippen molar-refractivity contribution in [2.75, 3.05) is 6.61 Å². The van der Waals surface area contributed by atoms with E-state index in [-0.39, 0.29) is 5.84 Å². The predicted molar refractivity (Wildman–Crippen MR) is 62.4 cm³/mol.